The molecule has 0 fully saturated rings. The molecule has 8 nitrogen and oxygen atoms in total. The maximum atomic E-state index is 12.4. The molecular weight excluding hydrogens is 489 g/mol. The fraction of sp³-hybridized carbons (Fsp3) is 0.545. The second kappa shape index (κ2) is 13.1. The first kappa shape index (κ1) is 27.3. The van der Waals surface area contributed by atoms with E-state index >= 15 is 0 Å². The predicted octanol–water partition coefficient (Wildman–Crippen LogP) is 5.51. The number of aromatic nitrogens is 2. The minimum Gasteiger partial charge on any atom is -0.477 e. The van der Waals surface area contributed by atoms with Crippen molar-refractivity contribution in [3.63, 3.8) is 0 Å². The number of primary amides is 1. The van der Waals surface area contributed by atoms with Crippen LogP contribution in [0.15, 0.2) is 24.3 Å². The zero-order valence-electron chi connectivity index (χ0n) is 18.9. The summed E-state index contributed by atoms with van der Waals surface area (Å²) in [7, 11) is -4.18. The molecule has 2 rings (SSSR count). The number of unbranched alkanes of at least 4 members (excludes halogenated alkanes) is 3. The Balaban J connectivity index is 2.42. The quantitative estimate of drug-likeness (QED) is 0.260. The van der Waals surface area contributed by atoms with Crippen LogP contribution in [-0.2, 0) is 20.8 Å². The number of halogens is 2. The molecule has 0 aliphatic rings. The van der Waals surface area contributed by atoms with E-state index in [1.807, 2.05) is 0 Å². The monoisotopic (exact) mass is 519 g/mol. The zero-order chi connectivity index (χ0) is 24.4. The number of hydrogen-bond donors (Lipinski definition) is 1. The van der Waals surface area contributed by atoms with E-state index in [1.54, 1.807) is 28.9 Å². The van der Waals surface area contributed by atoms with Gasteiger partial charge in [-0.3, -0.25) is 4.68 Å². The molecule has 1 atom stereocenters. The molecule has 1 aromatic heterocycles. The van der Waals surface area contributed by atoms with Gasteiger partial charge in [-0.15, -0.1) is 5.10 Å². The number of carbonyl (C=O) groups excluding carboxylic acids is 1. The fourth-order valence-corrected chi connectivity index (χ4v) is 5.04. The van der Waals surface area contributed by atoms with E-state index in [0.29, 0.717) is 41.2 Å². The maximum absolute atomic E-state index is 12.4. The van der Waals surface area contributed by atoms with Crippen LogP contribution in [0.4, 0.5) is 4.79 Å². The van der Waals surface area contributed by atoms with Crippen molar-refractivity contribution in [2.75, 3.05) is 12.4 Å². The van der Waals surface area contributed by atoms with Gasteiger partial charge in [-0.05, 0) is 30.5 Å². The summed E-state index contributed by atoms with van der Waals surface area (Å²) in [5, 5.41) is 5.55. The Morgan fingerprint density at radius 3 is 2.52 bits per heavy atom. The molecule has 0 saturated heterocycles. The predicted molar refractivity (Wildman–Crippen MR) is 130 cm³/mol. The van der Waals surface area contributed by atoms with E-state index in [2.05, 4.69) is 23.1 Å². The van der Waals surface area contributed by atoms with Gasteiger partial charge in [0, 0.05) is 27.7 Å². The van der Waals surface area contributed by atoms with Crippen LogP contribution in [0.25, 0.3) is 0 Å². The van der Waals surface area contributed by atoms with Crippen LogP contribution in [0, 0.1) is 0 Å². The first-order valence-electron chi connectivity index (χ1n) is 11.0. The minimum atomic E-state index is -4.18. The SMILES string of the molecule is CCCCCC(CS(=O)(=O)OC(N)=O)c1cc(OCCCC)nn1Cc1ccc(Cl)cc1Cl. The van der Waals surface area contributed by atoms with Gasteiger partial charge in [0.1, 0.15) is 0 Å². The second-order valence-electron chi connectivity index (χ2n) is 7.82. The minimum absolute atomic E-state index is 0.295. The molecule has 0 bridgehead atoms. The highest BCUT2D eigenvalue weighted by Crippen LogP contribution is 2.30. The van der Waals surface area contributed by atoms with E-state index in [1.165, 1.54) is 0 Å². The van der Waals surface area contributed by atoms with Crippen molar-refractivity contribution in [2.24, 2.45) is 5.73 Å². The Kier molecular flexibility index (Phi) is 10.8. The van der Waals surface area contributed by atoms with Crippen molar-refractivity contribution in [3.8, 4) is 5.88 Å². The van der Waals surface area contributed by atoms with Gasteiger partial charge in [-0.2, -0.15) is 8.42 Å². The molecule has 0 radical (unpaired) electrons. The summed E-state index contributed by atoms with van der Waals surface area (Å²) < 4.78 is 36.7. The van der Waals surface area contributed by atoms with Crippen molar-refractivity contribution in [1.29, 1.82) is 0 Å². The van der Waals surface area contributed by atoms with Gasteiger partial charge in [-0.1, -0.05) is 68.8 Å². The number of amides is 1. The highest BCUT2D eigenvalue weighted by atomic mass is 35.5. The Morgan fingerprint density at radius 2 is 1.88 bits per heavy atom. The topological polar surface area (TPSA) is 114 Å². The van der Waals surface area contributed by atoms with Crippen LogP contribution in [0.3, 0.4) is 0 Å². The molecule has 2 aromatic rings. The summed E-state index contributed by atoms with van der Waals surface area (Å²) in [5.41, 5.74) is 6.37. The second-order valence-corrected chi connectivity index (χ2v) is 10.3. The summed E-state index contributed by atoms with van der Waals surface area (Å²) in [6.45, 7) is 4.92. The lowest BCUT2D eigenvalue weighted by Crippen LogP contribution is -2.25. The van der Waals surface area contributed by atoms with Crippen molar-refractivity contribution in [3.05, 3.63) is 45.6 Å². The summed E-state index contributed by atoms with van der Waals surface area (Å²) in [5.74, 6) is -0.492. The van der Waals surface area contributed by atoms with Crippen molar-refractivity contribution in [2.45, 2.75) is 64.8 Å². The maximum Gasteiger partial charge on any atom is 0.420 e. The van der Waals surface area contributed by atoms with Gasteiger partial charge < -0.3 is 14.7 Å². The highest BCUT2D eigenvalue weighted by Gasteiger charge is 2.27. The number of benzene rings is 1. The van der Waals surface area contributed by atoms with Gasteiger partial charge in [-0.25, -0.2) is 4.79 Å². The van der Waals surface area contributed by atoms with Gasteiger partial charge in [0.15, 0.2) is 0 Å². The Labute approximate surface area is 205 Å². The van der Waals surface area contributed by atoms with E-state index in [9.17, 15) is 13.2 Å². The van der Waals surface area contributed by atoms with E-state index in [-0.39, 0.29) is 0 Å². The lowest BCUT2D eigenvalue weighted by Gasteiger charge is -2.18. The van der Waals surface area contributed by atoms with Crippen LogP contribution in [0.2, 0.25) is 10.0 Å². The Bertz CT molecular complexity index is 1030. The molecule has 184 valence electrons. The van der Waals surface area contributed by atoms with E-state index in [4.69, 9.17) is 33.7 Å². The fourth-order valence-electron chi connectivity index (χ4n) is 3.43. The first-order valence-corrected chi connectivity index (χ1v) is 13.3. The van der Waals surface area contributed by atoms with Crippen LogP contribution >= 0.6 is 23.2 Å². The Morgan fingerprint density at radius 1 is 1.15 bits per heavy atom. The normalized spacial score (nSPS) is 12.5. The largest absolute Gasteiger partial charge is 0.477 e. The molecule has 0 aliphatic heterocycles. The van der Waals surface area contributed by atoms with Gasteiger partial charge in [0.2, 0.25) is 5.88 Å². The molecule has 1 unspecified atom stereocenters. The molecular formula is C22H31Cl2N3O5S. The van der Waals surface area contributed by atoms with Gasteiger partial charge >= 0.3 is 16.2 Å². The number of rotatable bonds is 14. The van der Waals surface area contributed by atoms with Gasteiger partial charge in [0.05, 0.1) is 18.9 Å². The average Bonchev–Trinajstić information content (AvgIpc) is 3.11. The molecule has 2 N–H and O–H groups in total. The third-order valence-electron chi connectivity index (χ3n) is 5.06. The highest BCUT2D eigenvalue weighted by molar-refractivity contribution is 7.87. The number of nitrogens with two attached hydrogens (primary N) is 1. The molecule has 0 saturated carbocycles. The van der Waals surface area contributed by atoms with Crippen molar-refractivity contribution >= 4 is 39.4 Å². The van der Waals surface area contributed by atoms with Gasteiger partial charge in [0.25, 0.3) is 0 Å². The molecule has 1 aromatic carbocycles. The van der Waals surface area contributed by atoms with E-state index < -0.39 is 27.9 Å². The number of nitrogens with zero attached hydrogens (tertiary/aromatic N) is 2. The van der Waals surface area contributed by atoms with Crippen molar-refractivity contribution < 1.29 is 22.1 Å². The van der Waals surface area contributed by atoms with Crippen LogP contribution in [0.5, 0.6) is 5.88 Å². The zero-order valence-corrected chi connectivity index (χ0v) is 21.3. The average molecular weight is 520 g/mol. The molecule has 11 heteroatoms. The summed E-state index contributed by atoms with van der Waals surface area (Å²) in [6, 6.07) is 6.92. The summed E-state index contributed by atoms with van der Waals surface area (Å²) in [6.07, 6.45) is 3.75. The smallest absolute Gasteiger partial charge is 0.420 e. The van der Waals surface area contributed by atoms with E-state index in [0.717, 1.165) is 37.7 Å². The van der Waals surface area contributed by atoms with Crippen LogP contribution in [0.1, 0.15) is 69.5 Å². The van der Waals surface area contributed by atoms with Crippen LogP contribution in [-0.4, -0.2) is 36.7 Å². The molecule has 1 heterocycles. The van der Waals surface area contributed by atoms with Crippen molar-refractivity contribution in [1.82, 2.24) is 9.78 Å². The summed E-state index contributed by atoms with van der Waals surface area (Å²) in [4.78, 5) is 11.1. The van der Waals surface area contributed by atoms with Crippen LogP contribution < -0.4 is 10.5 Å². The Hall–Kier alpha value is -1.97. The molecule has 0 spiro atoms. The standard InChI is InChI=1S/C22H31Cl2N3O5S/c1-3-5-7-8-17(15-33(29,30)32-22(25)28)20-13-21(31-11-6-4-2)26-27(20)14-16-9-10-18(23)12-19(16)24/h9-10,12-13,17H,3-8,11,14-15H2,1-2H3,(H2,25,28). The number of hydrogen-bond acceptors (Lipinski definition) is 6. The lowest BCUT2D eigenvalue weighted by molar-refractivity contribution is 0.212. The number of carbonyl (C=O) groups is 1. The number of ether oxygens (including phenoxy) is 1. The summed E-state index contributed by atoms with van der Waals surface area (Å²) >= 11 is 12.4. The third-order valence-corrected chi connectivity index (χ3v) is 6.88. The molecule has 33 heavy (non-hydrogen) atoms. The molecule has 1 amide bonds. The molecule has 0 aliphatic carbocycles. The first-order chi connectivity index (χ1) is 15.6. The third kappa shape index (κ3) is 9.06. The lowest BCUT2D eigenvalue weighted by atomic mass is 9.99.